The number of hydrogen-bond donors (Lipinski definition) is 1. The molecular formula is C26H26N2O4S. The van der Waals surface area contributed by atoms with Gasteiger partial charge in [-0.25, -0.2) is 0 Å². The molecule has 7 heteroatoms. The number of rotatable bonds is 8. The molecule has 4 rings (SSSR count). The molecule has 1 unspecified atom stereocenters. The van der Waals surface area contributed by atoms with E-state index in [9.17, 15) is 14.7 Å². The van der Waals surface area contributed by atoms with E-state index in [-0.39, 0.29) is 11.4 Å². The summed E-state index contributed by atoms with van der Waals surface area (Å²) in [5.41, 5.74) is 2.40. The number of amides is 1. The Morgan fingerprint density at radius 2 is 1.82 bits per heavy atom. The molecule has 0 saturated heterocycles. The Bertz CT molecular complexity index is 1180. The van der Waals surface area contributed by atoms with Crippen molar-refractivity contribution in [3.05, 3.63) is 87.8 Å². The lowest BCUT2D eigenvalue weighted by Gasteiger charge is -2.28. The maximum atomic E-state index is 13.4. The van der Waals surface area contributed by atoms with Crippen LogP contribution in [-0.4, -0.2) is 37.0 Å². The number of aliphatic hydroxyl groups excluding tert-OH is 1. The van der Waals surface area contributed by atoms with E-state index in [1.54, 1.807) is 36.8 Å². The van der Waals surface area contributed by atoms with E-state index in [4.69, 9.17) is 4.74 Å². The number of ketones is 1. The molecule has 1 N–H and O–H groups in total. The van der Waals surface area contributed by atoms with Crippen LogP contribution in [0.1, 0.15) is 35.1 Å². The zero-order valence-electron chi connectivity index (χ0n) is 18.8. The summed E-state index contributed by atoms with van der Waals surface area (Å²) in [7, 11) is 1.56. The monoisotopic (exact) mass is 462 g/mol. The van der Waals surface area contributed by atoms with Crippen molar-refractivity contribution < 1.29 is 19.4 Å². The molecule has 1 amide bonds. The minimum atomic E-state index is -0.776. The summed E-state index contributed by atoms with van der Waals surface area (Å²) in [5.74, 6) is -0.871. The van der Waals surface area contributed by atoms with E-state index >= 15 is 0 Å². The Hall–Kier alpha value is -3.58. The lowest BCUT2D eigenvalue weighted by molar-refractivity contribution is -0.117. The van der Waals surface area contributed by atoms with Gasteiger partial charge in [-0.15, -0.1) is 11.3 Å². The molecule has 0 radical (unpaired) electrons. The van der Waals surface area contributed by atoms with Gasteiger partial charge in [0, 0.05) is 24.5 Å². The average molecular weight is 463 g/mol. The van der Waals surface area contributed by atoms with Crippen molar-refractivity contribution in [1.82, 2.24) is 0 Å². The molecule has 0 spiro atoms. The summed E-state index contributed by atoms with van der Waals surface area (Å²) in [4.78, 5) is 30.8. The van der Waals surface area contributed by atoms with E-state index in [0.29, 0.717) is 21.9 Å². The molecule has 1 aliphatic heterocycles. The lowest BCUT2D eigenvalue weighted by atomic mass is 9.95. The smallest absolute Gasteiger partial charge is 0.294 e. The van der Waals surface area contributed by atoms with Gasteiger partial charge in [-0.2, -0.15) is 0 Å². The second kappa shape index (κ2) is 9.50. The van der Waals surface area contributed by atoms with Crippen molar-refractivity contribution in [2.24, 2.45) is 0 Å². The number of carbonyl (C=O) groups excluding carboxylic acids is 2. The van der Waals surface area contributed by atoms with E-state index in [2.05, 4.69) is 18.7 Å². The normalized spacial score (nSPS) is 15.8. The molecule has 170 valence electrons. The quantitative estimate of drug-likeness (QED) is 0.455. The Balaban J connectivity index is 1.82. The highest BCUT2D eigenvalue weighted by molar-refractivity contribution is 7.12. The predicted molar refractivity (Wildman–Crippen MR) is 132 cm³/mol. The molecule has 2 heterocycles. The summed E-state index contributed by atoms with van der Waals surface area (Å²) in [5, 5.41) is 12.7. The molecule has 0 aliphatic carbocycles. The Morgan fingerprint density at radius 1 is 1.09 bits per heavy atom. The van der Waals surface area contributed by atoms with Crippen LogP contribution < -0.4 is 14.5 Å². The molecule has 0 saturated carbocycles. The van der Waals surface area contributed by atoms with Crippen LogP contribution in [0.5, 0.6) is 5.75 Å². The van der Waals surface area contributed by atoms with Crippen molar-refractivity contribution in [1.29, 1.82) is 0 Å². The summed E-state index contributed by atoms with van der Waals surface area (Å²) < 4.78 is 5.37. The first-order valence-electron chi connectivity index (χ1n) is 10.8. The third-order valence-corrected chi connectivity index (χ3v) is 6.73. The predicted octanol–water partition coefficient (Wildman–Crippen LogP) is 5.39. The van der Waals surface area contributed by atoms with Gasteiger partial charge in [0.1, 0.15) is 5.75 Å². The first-order valence-corrected chi connectivity index (χ1v) is 11.7. The van der Waals surface area contributed by atoms with Gasteiger partial charge in [-0.3, -0.25) is 14.5 Å². The minimum absolute atomic E-state index is 0.0727. The van der Waals surface area contributed by atoms with E-state index in [1.807, 2.05) is 36.4 Å². The van der Waals surface area contributed by atoms with Gasteiger partial charge in [0.05, 0.1) is 23.6 Å². The van der Waals surface area contributed by atoms with Gasteiger partial charge in [-0.1, -0.05) is 18.2 Å². The number of methoxy groups -OCH3 is 1. The molecular weight excluding hydrogens is 436 g/mol. The fourth-order valence-corrected chi connectivity index (χ4v) is 4.86. The van der Waals surface area contributed by atoms with Crippen molar-refractivity contribution in [3.63, 3.8) is 0 Å². The fourth-order valence-electron chi connectivity index (χ4n) is 4.18. The topological polar surface area (TPSA) is 70.1 Å². The summed E-state index contributed by atoms with van der Waals surface area (Å²) in [6, 6.07) is 17.5. The molecule has 1 aliphatic rings. The van der Waals surface area contributed by atoms with Crippen LogP contribution in [0.4, 0.5) is 11.4 Å². The van der Waals surface area contributed by atoms with Gasteiger partial charge in [0.15, 0.2) is 5.76 Å². The molecule has 1 atom stereocenters. The number of hydrogen-bond acceptors (Lipinski definition) is 6. The molecule has 6 nitrogen and oxygen atoms in total. The number of benzene rings is 2. The van der Waals surface area contributed by atoms with Crippen molar-refractivity contribution in [3.8, 4) is 5.75 Å². The first kappa shape index (κ1) is 22.6. The number of anilines is 2. The maximum Gasteiger partial charge on any atom is 0.294 e. The lowest BCUT2D eigenvalue weighted by Crippen LogP contribution is -2.31. The standard InChI is InChI=1S/C26H26N2O4S/c1-4-27(5-2)18-11-13-19(14-12-18)28-23(17-8-6-9-20(16-17)32-3)22(25(30)26(28)31)24(29)21-10-7-15-33-21/h6-16,23,30H,4-5H2,1-3H3. The number of nitrogens with zero attached hydrogens (tertiary/aromatic N) is 2. The van der Waals surface area contributed by atoms with Crippen molar-refractivity contribution >= 4 is 34.4 Å². The third-order valence-electron chi connectivity index (χ3n) is 5.86. The number of thiophene rings is 1. The average Bonchev–Trinajstić information content (AvgIpc) is 3.47. The van der Waals surface area contributed by atoms with Crippen LogP contribution >= 0.6 is 11.3 Å². The molecule has 2 aromatic carbocycles. The van der Waals surface area contributed by atoms with E-state index in [0.717, 1.165) is 18.8 Å². The molecule has 0 fully saturated rings. The first-order chi connectivity index (χ1) is 16.0. The number of ether oxygens (including phenoxy) is 1. The molecule has 0 bridgehead atoms. The number of Topliss-reactive ketones (excluding diaryl/α,β-unsaturated/α-hetero) is 1. The summed E-state index contributed by atoms with van der Waals surface area (Å²) in [6.45, 7) is 5.91. The largest absolute Gasteiger partial charge is 0.503 e. The van der Waals surface area contributed by atoms with Gasteiger partial charge >= 0.3 is 0 Å². The van der Waals surface area contributed by atoms with E-state index < -0.39 is 17.7 Å². The molecule has 1 aromatic heterocycles. The Kier molecular flexibility index (Phi) is 6.51. The Labute approximate surface area is 197 Å². The van der Waals surface area contributed by atoms with Crippen LogP contribution in [0, 0.1) is 0 Å². The molecule has 3 aromatic rings. The highest BCUT2D eigenvalue weighted by Crippen LogP contribution is 2.43. The van der Waals surface area contributed by atoms with Gasteiger partial charge in [0.25, 0.3) is 5.91 Å². The van der Waals surface area contributed by atoms with Crippen LogP contribution in [0.15, 0.2) is 77.4 Å². The van der Waals surface area contributed by atoms with Crippen molar-refractivity contribution in [2.75, 3.05) is 30.0 Å². The van der Waals surface area contributed by atoms with E-state index in [1.165, 1.54) is 16.2 Å². The van der Waals surface area contributed by atoms with Gasteiger partial charge < -0.3 is 14.7 Å². The second-order valence-corrected chi connectivity index (χ2v) is 8.56. The second-order valence-electron chi connectivity index (χ2n) is 7.61. The van der Waals surface area contributed by atoms with Crippen LogP contribution in [0.2, 0.25) is 0 Å². The zero-order valence-corrected chi connectivity index (χ0v) is 19.6. The molecule has 33 heavy (non-hydrogen) atoms. The highest BCUT2D eigenvalue weighted by Gasteiger charge is 2.45. The SMILES string of the molecule is CCN(CC)c1ccc(N2C(=O)C(O)=C(C(=O)c3cccs3)C2c2cccc(OC)c2)cc1. The third kappa shape index (κ3) is 4.12. The number of carbonyl (C=O) groups is 2. The fraction of sp³-hybridized carbons (Fsp3) is 0.231. The maximum absolute atomic E-state index is 13.4. The highest BCUT2D eigenvalue weighted by atomic mass is 32.1. The zero-order chi connectivity index (χ0) is 23.5. The Morgan fingerprint density at radius 3 is 2.42 bits per heavy atom. The van der Waals surface area contributed by atoms with Crippen LogP contribution in [-0.2, 0) is 4.79 Å². The van der Waals surface area contributed by atoms with Crippen LogP contribution in [0.3, 0.4) is 0 Å². The van der Waals surface area contributed by atoms with Gasteiger partial charge in [-0.05, 0) is 67.3 Å². The minimum Gasteiger partial charge on any atom is -0.503 e. The van der Waals surface area contributed by atoms with Gasteiger partial charge in [0.2, 0.25) is 5.78 Å². The van der Waals surface area contributed by atoms with Crippen LogP contribution in [0.25, 0.3) is 0 Å². The summed E-state index contributed by atoms with van der Waals surface area (Å²) >= 11 is 1.28. The number of aliphatic hydroxyl groups is 1. The van der Waals surface area contributed by atoms with Crippen molar-refractivity contribution in [2.45, 2.75) is 19.9 Å². The summed E-state index contributed by atoms with van der Waals surface area (Å²) in [6.07, 6.45) is 0.